The highest BCUT2D eigenvalue weighted by Crippen LogP contribution is 2.21. The van der Waals surface area contributed by atoms with E-state index in [0.29, 0.717) is 12.4 Å². The molecule has 0 aliphatic carbocycles. The molecule has 0 saturated carbocycles. The Bertz CT molecular complexity index is 417. The molecular weight excluding hydrogens is 223 g/mol. The van der Waals surface area contributed by atoms with E-state index in [2.05, 4.69) is 0 Å². The van der Waals surface area contributed by atoms with Crippen LogP contribution in [0.15, 0.2) is 30.4 Å². The van der Waals surface area contributed by atoms with Gasteiger partial charge in [-0.15, -0.1) is 0 Å². The maximum atomic E-state index is 13.1. The molecule has 0 saturated heterocycles. The lowest BCUT2D eigenvalue weighted by Gasteiger charge is -2.24. The van der Waals surface area contributed by atoms with Crippen molar-refractivity contribution >= 4 is 0 Å². The second-order valence-corrected chi connectivity index (χ2v) is 3.89. The number of methoxy groups -OCH3 is 1. The van der Waals surface area contributed by atoms with Crippen LogP contribution in [0.3, 0.4) is 0 Å². The van der Waals surface area contributed by atoms with Crippen molar-refractivity contribution < 1.29 is 18.6 Å². The van der Waals surface area contributed by atoms with Crippen molar-refractivity contribution in [3.05, 3.63) is 41.7 Å². The lowest BCUT2D eigenvalue weighted by Crippen LogP contribution is -2.29. The summed E-state index contributed by atoms with van der Waals surface area (Å²) in [4.78, 5) is 0. The Morgan fingerprint density at radius 3 is 2.82 bits per heavy atom. The summed E-state index contributed by atoms with van der Waals surface area (Å²) < 4.78 is 29.1. The van der Waals surface area contributed by atoms with Crippen LogP contribution in [0.4, 0.5) is 4.39 Å². The number of ether oxygens (including phenoxy) is 3. The van der Waals surface area contributed by atoms with Crippen molar-refractivity contribution in [2.45, 2.75) is 19.3 Å². The second-order valence-electron chi connectivity index (χ2n) is 3.89. The minimum Gasteiger partial charge on any atom is -0.484 e. The molecule has 1 aliphatic rings. The van der Waals surface area contributed by atoms with Gasteiger partial charge < -0.3 is 14.2 Å². The van der Waals surface area contributed by atoms with E-state index in [4.69, 9.17) is 14.2 Å². The Morgan fingerprint density at radius 1 is 1.35 bits per heavy atom. The van der Waals surface area contributed by atoms with E-state index in [1.54, 1.807) is 19.3 Å². The topological polar surface area (TPSA) is 27.7 Å². The molecule has 0 aromatic heterocycles. The third-order valence-corrected chi connectivity index (χ3v) is 2.57. The van der Waals surface area contributed by atoms with Gasteiger partial charge in [-0.3, -0.25) is 0 Å². The predicted octanol–water partition coefficient (Wildman–Crippen LogP) is 2.44. The van der Waals surface area contributed by atoms with E-state index in [0.717, 1.165) is 5.56 Å². The maximum absolute atomic E-state index is 13.1. The molecule has 0 N–H and O–H groups in total. The predicted molar refractivity (Wildman–Crippen MR) is 61.4 cm³/mol. The first-order valence-corrected chi connectivity index (χ1v) is 5.44. The van der Waals surface area contributed by atoms with Crippen LogP contribution in [0.1, 0.15) is 5.56 Å². The third-order valence-electron chi connectivity index (χ3n) is 2.57. The van der Waals surface area contributed by atoms with E-state index in [1.165, 1.54) is 12.1 Å². The molecular formula is C13H15FO3. The summed E-state index contributed by atoms with van der Waals surface area (Å²) in [7, 11) is 1.58. The molecule has 0 radical (unpaired) electrons. The Hall–Kier alpha value is -1.39. The molecule has 0 unspecified atom stereocenters. The van der Waals surface area contributed by atoms with Gasteiger partial charge in [0.05, 0.1) is 6.61 Å². The van der Waals surface area contributed by atoms with Gasteiger partial charge in [-0.2, -0.15) is 0 Å². The fraction of sp³-hybridized carbons (Fsp3) is 0.385. The number of rotatable bonds is 3. The van der Waals surface area contributed by atoms with Gasteiger partial charge >= 0.3 is 0 Å². The molecule has 92 valence electrons. The first-order valence-electron chi connectivity index (χ1n) is 5.44. The van der Waals surface area contributed by atoms with Gasteiger partial charge in [-0.1, -0.05) is 6.07 Å². The van der Waals surface area contributed by atoms with Crippen LogP contribution in [-0.2, 0) is 9.47 Å². The van der Waals surface area contributed by atoms with Crippen LogP contribution in [0, 0.1) is 12.7 Å². The number of aryl methyl sites for hydroxylation is 1. The summed E-state index contributed by atoms with van der Waals surface area (Å²) in [5.74, 6) is 0.236. The molecule has 0 amide bonds. The Labute approximate surface area is 99.8 Å². The van der Waals surface area contributed by atoms with Crippen molar-refractivity contribution in [3.63, 3.8) is 0 Å². The molecule has 4 heteroatoms. The first-order chi connectivity index (χ1) is 8.19. The normalized spacial score (nSPS) is 23.7. The zero-order valence-corrected chi connectivity index (χ0v) is 9.85. The Balaban J connectivity index is 2.04. The van der Waals surface area contributed by atoms with Crippen LogP contribution in [0.5, 0.6) is 5.75 Å². The fourth-order valence-corrected chi connectivity index (χ4v) is 1.60. The van der Waals surface area contributed by atoms with Gasteiger partial charge in [-0.25, -0.2) is 4.39 Å². The van der Waals surface area contributed by atoms with Gasteiger partial charge in [0.15, 0.2) is 6.29 Å². The van der Waals surface area contributed by atoms with Crippen molar-refractivity contribution in [2.75, 3.05) is 13.7 Å². The van der Waals surface area contributed by atoms with Crippen molar-refractivity contribution in [1.82, 2.24) is 0 Å². The van der Waals surface area contributed by atoms with Gasteiger partial charge in [0, 0.05) is 13.2 Å². The van der Waals surface area contributed by atoms with Crippen LogP contribution in [0.2, 0.25) is 0 Å². The molecule has 1 heterocycles. The number of benzene rings is 1. The van der Waals surface area contributed by atoms with E-state index in [9.17, 15) is 4.39 Å². The number of halogens is 1. The molecule has 17 heavy (non-hydrogen) atoms. The van der Waals surface area contributed by atoms with Gasteiger partial charge in [0.25, 0.3) is 0 Å². The van der Waals surface area contributed by atoms with Gasteiger partial charge in [-0.05, 0) is 30.7 Å². The van der Waals surface area contributed by atoms with Crippen LogP contribution >= 0.6 is 0 Å². The second kappa shape index (κ2) is 5.29. The van der Waals surface area contributed by atoms with Crippen molar-refractivity contribution in [2.24, 2.45) is 0 Å². The largest absolute Gasteiger partial charge is 0.484 e. The fourth-order valence-electron chi connectivity index (χ4n) is 1.60. The highest BCUT2D eigenvalue weighted by molar-refractivity contribution is 5.33. The molecule has 1 aliphatic heterocycles. The van der Waals surface area contributed by atoms with Crippen LogP contribution < -0.4 is 4.74 Å². The van der Waals surface area contributed by atoms with Crippen molar-refractivity contribution in [3.8, 4) is 5.75 Å². The Kier molecular flexibility index (Phi) is 3.76. The molecule has 0 spiro atoms. The molecule has 2 rings (SSSR count). The van der Waals surface area contributed by atoms with E-state index >= 15 is 0 Å². The summed E-state index contributed by atoms with van der Waals surface area (Å²) in [6.07, 6.45) is 3.12. The number of hydrogen-bond acceptors (Lipinski definition) is 3. The zero-order chi connectivity index (χ0) is 12.3. The quantitative estimate of drug-likeness (QED) is 0.757. The molecule has 0 bridgehead atoms. The van der Waals surface area contributed by atoms with E-state index < -0.39 is 0 Å². The van der Waals surface area contributed by atoms with E-state index in [1.807, 2.05) is 13.0 Å². The third kappa shape index (κ3) is 3.05. The molecule has 0 fully saturated rings. The van der Waals surface area contributed by atoms with Gasteiger partial charge in [0.1, 0.15) is 17.7 Å². The molecule has 1 aromatic carbocycles. The average molecular weight is 238 g/mol. The lowest BCUT2D eigenvalue weighted by molar-refractivity contribution is -0.112. The number of hydrogen-bond donors (Lipinski definition) is 0. The SMILES string of the molecule is CO[C@@H]1C=C[C@@H](Oc2cc(F)ccc2C)CO1. The Morgan fingerprint density at radius 2 is 2.18 bits per heavy atom. The standard InChI is InChI=1S/C13H15FO3/c1-9-3-4-10(14)7-12(9)17-11-5-6-13(15-2)16-8-11/h3-7,11,13H,8H2,1-2H3/t11-,13+/m1/s1. The summed E-state index contributed by atoms with van der Waals surface area (Å²) in [6.45, 7) is 2.27. The summed E-state index contributed by atoms with van der Waals surface area (Å²) in [5, 5.41) is 0. The molecule has 2 atom stereocenters. The first kappa shape index (κ1) is 12.1. The minimum atomic E-state index is -0.316. The van der Waals surface area contributed by atoms with Gasteiger partial charge in [0.2, 0.25) is 0 Å². The summed E-state index contributed by atoms with van der Waals surface area (Å²) >= 11 is 0. The van der Waals surface area contributed by atoms with Crippen molar-refractivity contribution in [1.29, 1.82) is 0 Å². The average Bonchev–Trinajstić information content (AvgIpc) is 2.35. The minimum absolute atomic E-state index is 0.207. The molecule has 3 nitrogen and oxygen atoms in total. The molecule has 1 aromatic rings. The smallest absolute Gasteiger partial charge is 0.176 e. The zero-order valence-electron chi connectivity index (χ0n) is 9.85. The van der Waals surface area contributed by atoms with E-state index in [-0.39, 0.29) is 18.2 Å². The van der Waals surface area contributed by atoms with Crippen LogP contribution in [0.25, 0.3) is 0 Å². The highest BCUT2D eigenvalue weighted by Gasteiger charge is 2.17. The summed E-state index contributed by atoms with van der Waals surface area (Å²) in [6, 6.07) is 4.48. The monoisotopic (exact) mass is 238 g/mol. The highest BCUT2D eigenvalue weighted by atomic mass is 19.1. The van der Waals surface area contributed by atoms with Crippen LogP contribution in [-0.4, -0.2) is 26.1 Å². The summed E-state index contributed by atoms with van der Waals surface area (Å²) in [5.41, 5.74) is 0.897. The maximum Gasteiger partial charge on any atom is 0.176 e. The lowest BCUT2D eigenvalue weighted by atomic mass is 10.2.